The minimum absolute atomic E-state index is 0.0674. The third-order valence-electron chi connectivity index (χ3n) is 3.79. The molecule has 0 aromatic rings. The fourth-order valence-corrected chi connectivity index (χ4v) is 3.00. The van der Waals surface area contributed by atoms with Crippen molar-refractivity contribution in [3.05, 3.63) is 0 Å². The van der Waals surface area contributed by atoms with Gasteiger partial charge in [-0.3, -0.25) is 4.90 Å². The molecule has 3 nitrogen and oxygen atoms in total. The van der Waals surface area contributed by atoms with Crippen LogP contribution in [0, 0.1) is 0 Å². The average molecular weight is 226 g/mol. The molecule has 0 saturated carbocycles. The van der Waals surface area contributed by atoms with Crippen molar-refractivity contribution in [3.63, 3.8) is 0 Å². The fraction of sp³-hybridized carbons (Fsp3) is 1.00. The van der Waals surface area contributed by atoms with Gasteiger partial charge < -0.3 is 10.1 Å². The van der Waals surface area contributed by atoms with E-state index in [4.69, 9.17) is 4.74 Å². The number of nitrogens with one attached hydrogen (secondary N) is 1. The van der Waals surface area contributed by atoms with Crippen LogP contribution in [0.3, 0.4) is 0 Å². The average Bonchev–Trinajstić information content (AvgIpc) is 2.14. The molecule has 2 saturated heterocycles. The Hall–Kier alpha value is -0.120. The Morgan fingerprint density at radius 3 is 2.62 bits per heavy atom. The number of hydrogen-bond donors (Lipinski definition) is 1. The Morgan fingerprint density at radius 1 is 1.25 bits per heavy atom. The third kappa shape index (κ3) is 2.96. The van der Waals surface area contributed by atoms with E-state index in [1.54, 1.807) is 0 Å². The largest absolute Gasteiger partial charge is 0.375 e. The molecule has 1 unspecified atom stereocenters. The second kappa shape index (κ2) is 4.28. The van der Waals surface area contributed by atoms with Gasteiger partial charge in [0.05, 0.1) is 5.60 Å². The van der Waals surface area contributed by atoms with Crippen LogP contribution < -0.4 is 5.32 Å². The second-order valence-corrected chi connectivity index (χ2v) is 6.54. The van der Waals surface area contributed by atoms with E-state index in [0.29, 0.717) is 6.04 Å². The first-order valence-electron chi connectivity index (χ1n) is 6.51. The number of piperazine rings is 1. The van der Waals surface area contributed by atoms with E-state index in [2.05, 4.69) is 37.9 Å². The van der Waals surface area contributed by atoms with E-state index in [0.717, 1.165) is 19.7 Å². The topological polar surface area (TPSA) is 24.5 Å². The molecule has 0 spiro atoms. The summed E-state index contributed by atoms with van der Waals surface area (Å²) < 4.78 is 5.80. The van der Waals surface area contributed by atoms with Crippen LogP contribution in [0.5, 0.6) is 0 Å². The maximum Gasteiger partial charge on any atom is 0.0641 e. The Kier molecular flexibility index (Phi) is 3.30. The maximum atomic E-state index is 5.80. The monoisotopic (exact) mass is 226 g/mol. The fourth-order valence-electron chi connectivity index (χ4n) is 3.00. The quantitative estimate of drug-likeness (QED) is 0.735. The molecule has 0 amide bonds. The summed E-state index contributed by atoms with van der Waals surface area (Å²) in [7, 11) is 0. The first-order chi connectivity index (χ1) is 7.38. The molecule has 0 aliphatic carbocycles. The lowest BCUT2D eigenvalue weighted by Crippen LogP contribution is -2.60. The number of rotatable bonds is 1. The van der Waals surface area contributed by atoms with Crippen molar-refractivity contribution in [1.29, 1.82) is 0 Å². The van der Waals surface area contributed by atoms with Gasteiger partial charge in [-0.25, -0.2) is 0 Å². The van der Waals surface area contributed by atoms with Crippen LogP contribution in [0.2, 0.25) is 0 Å². The van der Waals surface area contributed by atoms with Crippen molar-refractivity contribution in [2.45, 2.75) is 57.7 Å². The molecule has 0 aromatic heterocycles. The molecule has 2 aliphatic rings. The summed E-state index contributed by atoms with van der Waals surface area (Å²) in [6.45, 7) is 13.4. The zero-order chi connectivity index (χ0) is 11.8. The van der Waals surface area contributed by atoms with E-state index in [9.17, 15) is 0 Å². The highest BCUT2D eigenvalue weighted by molar-refractivity contribution is 4.92. The molecule has 3 heteroatoms. The first kappa shape index (κ1) is 12.3. The van der Waals surface area contributed by atoms with Crippen LogP contribution in [0.1, 0.15) is 40.5 Å². The SMILES string of the molecule is CC1(C)CN(C2CCOC(C)(C)C2)CCN1. The van der Waals surface area contributed by atoms with Crippen molar-refractivity contribution in [2.75, 3.05) is 26.2 Å². The number of nitrogens with zero attached hydrogens (tertiary/aromatic N) is 1. The molecule has 1 N–H and O–H groups in total. The zero-order valence-electron chi connectivity index (χ0n) is 11.2. The van der Waals surface area contributed by atoms with Crippen LogP contribution in [-0.2, 0) is 4.74 Å². The Balaban J connectivity index is 1.96. The van der Waals surface area contributed by atoms with Crippen LogP contribution in [-0.4, -0.2) is 48.3 Å². The van der Waals surface area contributed by atoms with Gasteiger partial charge in [0.15, 0.2) is 0 Å². The van der Waals surface area contributed by atoms with Gasteiger partial charge in [0.1, 0.15) is 0 Å². The first-order valence-corrected chi connectivity index (χ1v) is 6.51. The van der Waals surface area contributed by atoms with E-state index >= 15 is 0 Å². The van der Waals surface area contributed by atoms with Crippen molar-refractivity contribution >= 4 is 0 Å². The predicted molar refractivity (Wildman–Crippen MR) is 66.7 cm³/mol. The summed E-state index contributed by atoms with van der Waals surface area (Å²) in [4.78, 5) is 2.65. The molecule has 2 heterocycles. The second-order valence-electron chi connectivity index (χ2n) is 6.54. The van der Waals surface area contributed by atoms with Gasteiger partial charge in [0.25, 0.3) is 0 Å². The lowest BCUT2D eigenvalue weighted by atomic mass is 9.90. The van der Waals surface area contributed by atoms with Gasteiger partial charge in [-0.15, -0.1) is 0 Å². The van der Waals surface area contributed by atoms with Gasteiger partial charge in [-0.2, -0.15) is 0 Å². The van der Waals surface area contributed by atoms with Gasteiger partial charge in [-0.1, -0.05) is 0 Å². The summed E-state index contributed by atoms with van der Waals surface area (Å²) in [6, 6.07) is 0.713. The summed E-state index contributed by atoms with van der Waals surface area (Å²) in [6.07, 6.45) is 2.36. The highest BCUT2D eigenvalue weighted by atomic mass is 16.5. The van der Waals surface area contributed by atoms with Gasteiger partial charge in [-0.05, 0) is 40.5 Å². The minimum atomic E-state index is 0.0674. The highest BCUT2D eigenvalue weighted by Gasteiger charge is 2.35. The molecule has 2 fully saturated rings. The zero-order valence-corrected chi connectivity index (χ0v) is 11.2. The summed E-state index contributed by atoms with van der Waals surface area (Å²) in [5, 5.41) is 3.58. The smallest absolute Gasteiger partial charge is 0.0641 e. The molecule has 16 heavy (non-hydrogen) atoms. The lowest BCUT2D eigenvalue weighted by molar-refractivity contribution is -0.0884. The van der Waals surface area contributed by atoms with E-state index in [1.807, 2.05) is 0 Å². The highest BCUT2D eigenvalue weighted by Crippen LogP contribution is 2.28. The van der Waals surface area contributed by atoms with Gasteiger partial charge >= 0.3 is 0 Å². The molecule has 1 atom stereocenters. The molecular formula is C13H26N2O. The minimum Gasteiger partial charge on any atom is -0.375 e. The lowest BCUT2D eigenvalue weighted by Gasteiger charge is -2.47. The molecule has 2 aliphatic heterocycles. The predicted octanol–water partition coefficient (Wildman–Crippen LogP) is 1.63. The summed E-state index contributed by atoms with van der Waals surface area (Å²) in [5.74, 6) is 0. The number of hydrogen-bond acceptors (Lipinski definition) is 3. The Bertz CT molecular complexity index is 224. The van der Waals surface area contributed by atoms with E-state index < -0.39 is 0 Å². The third-order valence-corrected chi connectivity index (χ3v) is 3.79. The maximum absolute atomic E-state index is 5.80. The summed E-state index contributed by atoms with van der Waals surface area (Å²) >= 11 is 0. The van der Waals surface area contributed by atoms with E-state index in [-0.39, 0.29) is 11.1 Å². The normalized spacial score (nSPS) is 34.9. The van der Waals surface area contributed by atoms with Crippen LogP contribution in [0.15, 0.2) is 0 Å². The molecule has 2 rings (SSSR count). The number of ether oxygens (including phenoxy) is 1. The summed E-state index contributed by atoms with van der Waals surface area (Å²) in [5.41, 5.74) is 0.332. The van der Waals surface area contributed by atoms with Crippen LogP contribution in [0.25, 0.3) is 0 Å². The van der Waals surface area contributed by atoms with Crippen LogP contribution in [0.4, 0.5) is 0 Å². The van der Waals surface area contributed by atoms with Crippen molar-refractivity contribution in [3.8, 4) is 0 Å². The molecule has 0 radical (unpaired) electrons. The molecular weight excluding hydrogens is 200 g/mol. The van der Waals surface area contributed by atoms with Crippen molar-refractivity contribution < 1.29 is 4.74 Å². The molecule has 0 bridgehead atoms. The van der Waals surface area contributed by atoms with Gasteiger partial charge in [0, 0.05) is 37.8 Å². The van der Waals surface area contributed by atoms with Crippen molar-refractivity contribution in [1.82, 2.24) is 10.2 Å². The Morgan fingerprint density at radius 2 is 2.00 bits per heavy atom. The standard InChI is InChI=1S/C13H26N2O/c1-12(2)10-15(7-6-14-12)11-5-8-16-13(3,4)9-11/h11,14H,5-10H2,1-4H3. The van der Waals surface area contributed by atoms with Crippen molar-refractivity contribution in [2.24, 2.45) is 0 Å². The molecule has 94 valence electrons. The Labute approximate surface area is 99.5 Å². The van der Waals surface area contributed by atoms with E-state index in [1.165, 1.54) is 19.4 Å². The van der Waals surface area contributed by atoms with Crippen LogP contribution >= 0.6 is 0 Å². The molecule has 0 aromatic carbocycles. The van der Waals surface area contributed by atoms with Gasteiger partial charge in [0.2, 0.25) is 0 Å².